The first-order valence-electron chi connectivity index (χ1n) is 31.3. The Morgan fingerprint density at radius 1 is 0.395 bits per heavy atom. The normalized spacial score (nSPS) is 15.3. The number of carbonyl (C=O) groups excluding carboxylic acids is 2. The van der Waals surface area contributed by atoms with Gasteiger partial charge in [-0.1, -0.05) is 157 Å². The quantitative estimate of drug-likeness (QED) is 0.0417. The van der Waals surface area contributed by atoms with E-state index < -0.39 is 25.8 Å². The average Bonchev–Trinajstić information content (AvgIpc) is 1.52. The fraction of sp³-hybridized carbons (Fsp3) is 0.289. The number of hydrogen-bond acceptors (Lipinski definition) is 8. The van der Waals surface area contributed by atoms with Crippen molar-refractivity contribution in [2.24, 2.45) is 0 Å². The Kier molecular flexibility index (Phi) is 15.8. The zero-order chi connectivity index (χ0) is 58.7. The minimum atomic E-state index is -0.654. The van der Waals surface area contributed by atoms with Gasteiger partial charge in [-0.3, -0.25) is 0 Å². The summed E-state index contributed by atoms with van der Waals surface area (Å²) in [5.74, 6) is -0.748. The number of aromatic nitrogens is 2. The third-order valence-electron chi connectivity index (χ3n) is 18.7. The minimum Gasteiger partial charge on any atom is -0.0587 e. The van der Waals surface area contributed by atoms with Crippen molar-refractivity contribution in [2.75, 3.05) is 0 Å². The van der Waals surface area contributed by atoms with Crippen molar-refractivity contribution < 1.29 is 9.59 Å². The van der Waals surface area contributed by atoms with Crippen LogP contribution in [0.1, 0.15) is 189 Å². The number of hydrogen-bond donors (Lipinski definition) is 1. The number of nitrogens with one attached hydrogen (secondary N) is 1. The van der Waals surface area contributed by atoms with E-state index in [1.807, 2.05) is 28.7 Å². The summed E-state index contributed by atoms with van der Waals surface area (Å²) in [5, 5.41) is 2.68. The van der Waals surface area contributed by atoms with Crippen LogP contribution in [0.5, 0.6) is 0 Å². The second-order valence-electron chi connectivity index (χ2n) is 24.1. The topological polar surface area (TPSA) is 72.0 Å². The van der Waals surface area contributed by atoms with Gasteiger partial charge in [-0.2, -0.15) is 0 Å². The molecule has 1 aliphatic heterocycles. The summed E-state index contributed by atoms with van der Waals surface area (Å²) in [5.41, 5.74) is 19.8. The van der Waals surface area contributed by atoms with Gasteiger partial charge < -0.3 is 0 Å². The van der Waals surface area contributed by atoms with E-state index in [4.69, 9.17) is 7.96 Å². The Bertz CT molecular complexity index is 4290. The van der Waals surface area contributed by atoms with Gasteiger partial charge in [-0.15, -0.1) is 11.3 Å². The molecule has 2 amide bonds. The van der Waals surface area contributed by atoms with Crippen molar-refractivity contribution in [2.45, 2.75) is 142 Å². The molecule has 0 fully saturated rings. The molecule has 10 heteroatoms. The van der Waals surface area contributed by atoms with Crippen molar-refractivity contribution in [3.63, 3.8) is 0 Å². The standard InChI is InChI=1S/C76H71N3O2S4Se/c1-6-9-12-16-21-48-27-33-52(34-28-48)75(51-24-19-15-20-25-51)57-44-56-58(43-55(57)71-59(75)42-47(5)83-71)76(53-35-29-49(30-36-53)22-17-13-10-7-2,54-37-31-50(32-38-54)23-18-14-11-8-3)60-45-64(85-72(56)60)61-40-41-63(84-61)66-68-67(73(80)77-74(68)81)65(62-39-26-46(4)82-62)69-70(66)79-86-78-69/h15,19-20,24-45H,6-14,16-18,21-23H2,1-5H3,(H,77,80,81). The molecule has 1 unspecified atom stereocenters. The number of carbonyl (C=O) groups is 2. The molecule has 6 aromatic carbocycles. The maximum atomic E-state index is 14.1. The zero-order valence-electron chi connectivity index (χ0n) is 49.8. The molecule has 0 spiro atoms. The minimum absolute atomic E-state index is 0.372. The molecule has 11 aromatic rings. The average molecular weight is 1270 g/mol. The number of amides is 2. The Balaban J connectivity index is 0.994. The van der Waals surface area contributed by atoms with Gasteiger partial charge >= 0.3 is 259 Å². The molecule has 0 radical (unpaired) electrons. The van der Waals surface area contributed by atoms with E-state index in [1.165, 1.54) is 169 Å². The Hall–Kier alpha value is -6.62. The van der Waals surface area contributed by atoms with E-state index in [2.05, 4.69) is 186 Å². The molecule has 5 nitrogen and oxygen atoms in total. The van der Waals surface area contributed by atoms with Crippen LogP contribution >= 0.6 is 45.3 Å². The molecular formula is C76H71N3O2S4Se. The van der Waals surface area contributed by atoms with Gasteiger partial charge in [-0.05, 0) is 90.5 Å². The van der Waals surface area contributed by atoms with Gasteiger partial charge in [0.05, 0.1) is 5.41 Å². The summed E-state index contributed by atoms with van der Waals surface area (Å²) in [7, 11) is 0. The van der Waals surface area contributed by atoms with E-state index in [1.54, 1.807) is 22.7 Å². The molecule has 0 saturated carbocycles. The van der Waals surface area contributed by atoms with Crippen LogP contribution in [-0.2, 0) is 30.1 Å². The van der Waals surface area contributed by atoms with Crippen LogP contribution in [0.25, 0.3) is 62.6 Å². The Labute approximate surface area is 528 Å². The van der Waals surface area contributed by atoms with E-state index in [0.29, 0.717) is 22.2 Å². The Morgan fingerprint density at radius 3 is 1.31 bits per heavy atom. The summed E-state index contributed by atoms with van der Waals surface area (Å²) >= 11 is 6.73. The smallest absolute Gasteiger partial charge is 0.0572 e. The zero-order valence-corrected chi connectivity index (χ0v) is 54.8. The van der Waals surface area contributed by atoms with Crippen molar-refractivity contribution >= 4 is 83.2 Å². The molecule has 6 heterocycles. The first kappa shape index (κ1) is 57.1. The molecule has 14 rings (SSSR count). The molecule has 1 atom stereocenters. The number of rotatable bonds is 22. The number of aryl methyl sites for hydroxylation is 5. The second kappa shape index (κ2) is 23.8. The summed E-state index contributed by atoms with van der Waals surface area (Å²) in [4.78, 5) is 37.3. The monoisotopic (exact) mass is 1270 g/mol. The Morgan fingerprint density at radius 2 is 0.837 bits per heavy atom. The molecule has 432 valence electrons. The van der Waals surface area contributed by atoms with Crippen LogP contribution in [0.3, 0.4) is 0 Å². The van der Waals surface area contributed by atoms with Crippen LogP contribution in [0.2, 0.25) is 0 Å². The van der Waals surface area contributed by atoms with Crippen LogP contribution < -0.4 is 5.32 Å². The molecule has 1 N–H and O–H groups in total. The number of fused-ring (bicyclic) bond motifs is 8. The summed E-state index contributed by atoms with van der Waals surface area (Å²) in [6.07, 6.45) is 18.1. The number of benzene rings is 6. The SMILES string of the molecule is CCCCCCc1ccc(C2(c3ccccc3)c3cc4c(cc3-c3sc(C)cc32)C(c2ccc(CCCCCC)cc2)(c2ccc(CCCCCC)cc2)c2cc(-c3ccc(-c5c6c(c(-c7ccc(C)s7)c7n[se]nc57)C(=O)NC6=O)s3)sc2-4)cc1. The maximum absolute atomic E-state index is 14.1. The van der Waals surface area contributed by atoms with Crippen LogP contribution in [-0.4, -0.2) is 34.7 Å². The summed E-state index contributed by atoms with van der Waals surface area (Å²) < 4.78 is 10.0. The van der Waals surface area contributed by atoms with Crippen LogP contribution in [0.4, 0.5) is 0 Å². The van der Waals surface area contributed by atoms with Gasteiger partial charge in [0.2, 0.25) is 0 Å². The van der Waals surface area contributed by atoms with E-state index >= 15 is 0 Å². The van der Waals surface area contributed by atoms with Gasteiger partial charge in [0.1, 0.15) is 0 Å². The van der Waals surface area contributed by atoms with Crippen LogP contribution in [0.15, 0.2) is 152 Å². The van der Waals surface area contributed by atoms with Gasteiger partial charge in [0.15, 0.2) is 0 Å². The molecule has 5 aromatic heterocycles. The van der Waals surface area contributed by atoms with Gasteiger partial charge in [0, 0.05) is 9.75 Å². The predicted octanol–water partition coefficient (Wildman–Crippen LogP) is 20.5. The molecule has 0 saturated heterocycles. The molecule has 3 aliphatic rings. The van der Waals surface area contributed by atoms with Crippen LogP contribution in [0, 0.1) is 13.8 Å². The third kappa shape index (κ3) is 9.55. The number of imide groups is 1. The fourth-order valence-corrected chi connectivity index (χ4v) is 20.1. The number of nitrogens with zero attached hydrogens (tertiary/aromatic N) is 2. The van der Waals surface area contributed by atoms with E-state index in [0.717, 1.165) is 49.9 Å². The third-order valence-corrected chi connectivity index (χ3v) is 24.3. The molecular weight excluding hydrogens is 1190 g/mol. The summed E-state index contributed by atoms with van der Waals surface area (Å²) in [6.45, 7) is 11.2. The first-order valence-corrected chi connectivity index (χ1v) is 36.1. The fourth-order valence-electron chi connectivity index (χ4n) is 14.5. The molecule has 0 bridgehead atoms. The van der Waals surface area contributed by atoms with Crippen molar-refractivity contribution in [1.29, 1.82) is 0 Å². The number of thiophene rings is 4. The van der Waals surface area contributed by atoms with Gasteiger partial charge in [0.25, 0.3) is 0 Å². The van der Waals surface area contributed by atoms with Crippen molar-refractivity contribution in [3.05, 3.63) is 234 Å². The molecule has 86 heavy (non-hydrogen) atoms. The largest absolute Gasteiger partial charge is 0.0587 e. The molecule has 2 aliphatic carbocycles. The predicted molar refractivity (Wildman–Crippen MR) is 364 cm³/mol. The van der Waals surface area contributed by atoms with E-state index in [9.17, 15) is 9.59 Å². The van der Waals surface area contributed by atoms with Gasteiger partial charge in [-0.25, -0.2) is 0 Å². The van der Waals surface area contributed by atoms with Crippen molar-refractivity contribution in [3.8, 4) is 51.5 Å². The second-order valence-corrected chi connectivity index (χ2v) is 29.9. The van der Waals surface area contributed by atoms with E-state index in [-0.39, 0.29) is 11.8 Å². The number of unbranched alkanes of at least 4 members (excludes halogenated alkanes) is 9. The maximum Gasteiger partial charge on any atom is -0.0572 e. The summed E-state index contributed by atoms with van der Waals surface area (Å²) in [6, 6.07) is 59.4. The first-order chi connectivity index (χ1) is 42.1. The van der Waals surface area contributed by atoms with Crippen molar-refractivity contribution in [1.82, 2.24) is 13.3 Å².